The smallest absolute Gasteiger partial charge is 0.135 e. The summed E-state index contributed by atoms with van der Waals surface area (Å²) in [5, 5.41) is 7.54. The SMILES string of the molecule is Cc1ccc2cccc3oc4ccc(CC(c5ccccc5)c5ccccc5)c5ccc(C)c(c1c23)c45. The molecule has 0 spiro atoms. The standard InChI is InChI=1S/C36H28O/c1-23-16-18-27-14-9-15-31-35(27)33(23)34-24(2)17-20-29-28(19-21-32(37-31)36(29)34)22-30(25-10-5-3-6-11-25)26-12-7-4-8-13-26/h3-21,30H,22H2,1-2H3. The predicted octanol–water partition coefficient (Wildman–Crippen LogP) is 9.88. The number of rotatable bonds is 4. The van der Waals surface area contributed by atoms with Gasteiger partial charge < -0.3 is 4.42 Å². The van der Waals surface area contributed by atoms with Crippen LogP contribution in [0.5, 0.6) is 0 Å². The van der Waals surface area contributed by atoms with Crippen LogP contribution in [0.4, 0.5) is 0 Å². The third-order valence-electron chi connectivity index (χ3n) is 7.96. The van der Waals surface area contributed by atoms with Crippen molar-refractivity contribution >= 4 is 43.5 Å². The molecule has 0 fully saturated rings. The maximum atomic E-state index is 6.69. The lowest BCUT2D eigenvalue weighted by molar-refractivity contribution is 0.664. The van der Waals surface area contributed by atoms with Gasteiger partial charge in [-0.25, -0.2) is 0 Å². The summed E-state index contributed by atoms with van der Waals surface area (Å²) in [5.74, 6) is 0.273. The molecule has 6 aromatic carbocycles. The number of fused-ring (bicyclic) bond motifs is 1. The molecule has 1 heteroatoms. The predicted molar refractivity (Wildman–Crippen MR) is 157 cm³/mol. The van der Waals surface area contributed by atoms with E-state index in [1.165, 1.54) is 60.1 Å². The summed E-state index contributed by atoms with van der Waals surface area (Å²) < 4.78 is 6.69. The van der Waals surface area contributed by atoms with Crippen molar-refractivity contribution < 1.29 is 4.42 Å². The number of hydrogen-bond donors (Lipinski definition) is 0. The van der Waals surface area contributed by atoms with Gasteiger partial charge in [0.05, 0.1) is 0 Å². The molecular weight excluding hydrogens is 448 g/mol. The van der Waals surface area contributed by atoms with Gasteiger partial charge >= 0.3 is 0 Å². The summed E-state index contributed by atoms with van der Waals surface area (Å²) >= 11 is 0. The van der Waals surface area contributed by atoms with Gasteiger partial charge in [-0.3, -0.25) is 0 Å². The molecule has 7 aromatic rings. The lowest BCUT2D eigenvalue weighted by atomic mass is 9.84. The molecule has 178 valence electrons. The highest BCUT2D eigenvalue weighted by atomic mass is 16.3. The molecular formula is C36H28O. The molecule has 0 radical (unpaired) electrons. The van der Waals surface area contributed by atoms with Gasteiger partial charge in [-0.2, -0.15) is 0 Å². The first kappa shape index (κ1) is 21.9. The Morgan fingerprint density at radius 2 is 1.14 bits per heavy atom. The Hall–Kier alpha value is -4.36. The lowest BCUT2D eigenvalue weighted by Crippen LogP contribution is -2.05. The summed E-state index contributed by atoms with van der Waals surface area (Å²) in [4.78, 5) is 0. The Morgan fingerprint density at radius 1 is 0.514 bits per heavy atom. The highest BCUT2D eigenvalue weighted by molar-refractivity contribution is 6.25. The summed E-state index contributed by atoms with van der Waals surface area (Å²) in [7, 11) is 0. The normalized spacial score (nSPS) is 11.9. The monoisotopic (exact) mass is 476 g/mol. The minimum Gasteiger partial charge on any atom is -0.456 e. The molecule has 0 aliphatic rings. The van der Waals surface area contributed by atoms with Gasteiger partial charge in [0.25, 0.3) is 0 Å². The van der Waals surface area contributed by atoms with E-state index in [4.69, 9.17) is 4.42 Å². The van der Waals surface area contributed by atoms with E-state index in [0.29, 0.717) is 0 Å². The van der Waals surface area contributed by atoms with Crippen molar-refractivity contribution in [3.8, 4) is 0 Å². The highest BCUT2D eigenvalue weighted by Crippen LogP contribution is 2.41. The summed E-state index contributed by atoms with van der Waals surface area (Å²) in [6, 6.07) is 41.7. The molecule has 0 aliphatic carbocycles. The minimum atomic E-state index is 0.273. The zero-order valence-electron chi connectivity index (χ0n) is 21.2. The number of hydrogen-bond acceptors (Lipinski definition) is 1. The topological polar surface area (TPSA) is 13.1 Å². The van der Waals surface area contributed by atoms with E-state index in [2.05, 4.69) is 129 Å². The zero-order chi connectivity index (χ0) is 24.9. The quantitative estimate of drug-likeness (QED) is 0.246. The van der Waals surface area contributed by atoms with Crippen LogP contribution in [0.2, 0.25) is 0 Å². The molecule has 0 aliphatic heterocycles. The molecule has 0 bridgehead atoms. The maximum absolute atomic E-state index is 6.69. The van der Waals surface area contributed by atoms with Crippen LogP contribution in [0.25, 0.3) is 43.5 Å². The first-order valence-electron chi connectivity index (χ1n) is 13.0. The zero-order valence-corrected chi connectivity index (χ0v) is 21.2. The Balaban J connectivity index is 1.55. The lowest BCUT2D eigenvalue weighted by Gasteiger charge is -2.20. The Bertz CT molecular complexity index is 1870. The number of aryl methyl sites for hydroxylation is 2. The summed E-state index contributed by atoms with van der Waals surface area (Å²) in [5.41, 5.74) is 8.47. The van der Waals surface area contributed by atoms with Crippen LogP contribution in [-0.2, 0) is 6.42 Å². The third kappa shape index (κ3) is 3.54. The molecule has 0 saturated carbocycles. The van der Waals surface area contributed by atoms with Crippen LogP contribution in [0.15, 0.2) is 120 Å². The Morgan fingerprint density at radius 3 is 1.84 bits per heavy atom. The molecule has 7 rings (SSSR count). The van der Waals surface area contributed by atoms with Crippen molar-refractivity contribution in [3.05, 3.63) is 143 Å². The van der Waals surface area contributed by atoms with Crippen molar-refractivity contribution in [1.29, 1.82) is 0 Å². The van der Waals surface area contributed by atoms with Crippen LogP contribution in [0.3, 0.4) is 0 Å². The second kappa shape index (κ2) is 8.64. The first-order valence-corrected chi connectivity index (χ1v) is 13.0. The van der Waals surface area contributed by atoms with Gasteiger partial charge in [0, 0.05) is 16.7 Å². The van der Waals surface area contributed by atoms with Crippen LogP contribution in [-0.4, -0.2) is 0 Å². The van der Waals surface area contributed by atoms with E-state index >= 15 is 0 Å². The molecule has 1 heterocycles. The average molecular weight is 477 g/mol. The van der Waals surface area contributed by atoms with E-state index in [-0.39, 0.29) is 5.92 Å². The Kier molecular flexibility index (Phi) is 5.11. The molecule has 0 saturated heterocycles. The van der Waals surface area contributed by atoms with Crippen molar-refractivity contribution in [2.45, 2.75) is 26.2 Å². The summed E-state index contributed by atoms with van der Waals surface area (Å²) in [6.45, 7) is 4.45. The highest BCUT2D eigenvalue weighted by Gasteiger charge is 2.20. The van der Waals surface area contributed by atoms with Crippen LogP contribution in [0.1, 0.15) is 33.7 Å². The molecule has 0 N–H and O–H groups in total. The van der Waals surface area contributed by atoms with Crippen molar-refractivity contribution in [2.75, 3.05) is 0 Å². The summed E-state index contributed by atoms with van der Waals surface area (Å²) in [6.07, 6.45) is 0.920. The minimum absolute atomic E-state index is 0.273. The van der Waals surface area contributed by atoms with Gasteiger partial charge in [-0.05, 0) is 81.8 Å². The van der Waals surface area contributed by atoms with Crippen LogP contribution in [0, 0.1) is 13.8 Å². The van der Waals surface area contributed by atoms with Crippen molar-refractivity contribution in [2.24, 2.45) is 0 Å². The van der Waals surface area contributed by atoms with E-state index in [0.717, 1.165) is 17.6 Å². The number of benzene rings is 6. The second-order valence-corrected chi connectivity index (χ2v) is 10.2. The van der Waals surface area contributed by atoms with Crippen molar-refractivity contribution in [1.82, 2.24) is 0 Å². The average Bonchev–Trinajstić information content (AvgIpc) is 3.09. The van der Waals surface area contributed by atoms with Crippen LogP contribution >= 0.6 is 0 Å². The molecule has 0 atom stereocenters. The van der Waals surface area contributed by atoms with Crippen LogP contribution < -0.4 is 0 Å². The van der Waals surface area contributed by atoms with Gasteiger partial charge in [0.15, 0.2) is 0 Å². The first-order chi connectivity index (χ1) is 18.2. The molecule has 1 aromatic heterocycles. The fraction of sp³-hybridized carbons (Fsp3) is 0.111. The third-order valence-corrected chi connectivity index (χ3v) is 7.96. The van der Waals surface area contributed by atoms with E-state index in [1.54, 1.807) is 0 Å². The van der Waals surface area contributed by atoms with Crippen molar-refractivity contribution in [3.63, 3.8) is 0 Å². The van der Waals surface area contributed by atoms with Gasteiger partial charge in [0.1, 0.15) is 11.2 Å². The molecule has 0 unspecified atom stereocenters. The van der Waals surface area contributed by atoms with Gasteiger partial charge in [-0.1, -0.05) is 103 Å². The largest absolute Gasteiger partial charge is 0.456 e. The van der Waals surface area contributed by atoms with Gasteiger partial charge in [-0.15, -0.1) is 0 Å². The second-order valence-electron chi connectivity index (χ2n) is 10.2. The maximum Gasteiger partial charge on any atom is 0.135 e. The molecule has 37 heavy (non-hydrogen) atoms. The Labute approximate surface area is 217 Å². The van der Waals surface area contributed by atoms with E-state index in [1.807, 2.05) is 0 Å². The van der Waals surface area contributed by atoms with E-state index < -0.39 is 0 Å². The molecule has 0 amide bonds. The van der Waals surface area contributed by atoms with Gasteiger partial charge in [0.2, 0.25) is 0 Å². The fourth-order valence-electron chi connectivity index (χ4n) is 6.16. The van der Waals surface area contributed by atoms with E-state index in [9.17, 15) is 0 Å². The fourth-order valence-corrected chi connectivity index (χ4v) is 6.16. The molecule has 1 nitrogen and oxygen atoms in total.